The molecule has 0 aliphatic heterocycles. The number of nitrogens with zero attached hydrogens (tertiary/aromatic N) is 3. The molecule has 1 amide bonds. The van der Waals surface area contributed by atoms with Gasteiger partial charge in [0.25, 0.3) is 0 Å². The number of nitrogens with one attached hydrogen (secondary N) is 1. The molecule has 3 rings (SSSR count). The van der Waals surface area contributed by atoms with Crippen LogP contribution in [0.1, 0.15) is 5.76 Å². The van der Waals surface area contributed by atoms with E-state index in [4.69, 9.17) is 4.52 Å². The standard InChI is InChI=1S/C14H14N4O2S/c1-9-7-12(17-20-9)16-13(19)8-18(2)14-15-10-5-3-4-6-11(10)21-14/h3-7H,8H2,1-2H3,(H,16,17,19). The van der Waals surface area contributed by atoms with Crippen LogP contribution in [0.15, 0.2) is 34.9 Å². The molecule has 0 radical (unpaired) electrons. The summed E-state index contributed by atoms with van der Waals surface area (Å²) in [6.07, 6.45) is 0. The lowest BCUT2D eigenvalue weighted by molar-refractivity contribution is -0.115. The highest BCUT2D eigenvalue weighted by molar-refractivity contribution is 7.22. The van der Waals surface area contributed by atoms with Crippen LogP contribution in [0.5, 0.6) is 0 Å². The Morgan fingerprint density at radius 1 is 1.43 bits per heavy atom. The molecule has 1 N–H and O–H groups in total. The van der Waals surface area contributed by atoms with Gasteiger partial charge in [-0.25, -0.2) is 4.98 Å². The second kappa shape index (κ2) is 5.53. The molecule has 0 fully saturated rings. The minimum Gasteiger partial charge on any atom is -0.360 e. The largest absolute Gasteiger partial charge is 0.360 e. The van der Waals surface area contributed by atoms with Crippen molar-refractivity contribution in [2.75, 3.05) is 23.8 Å². The summed E-state index contributed by atoms with van der Waals surface area (Å²) in [6.45, 7) is 1.97. The highest BCUT2D eigenvalue weighted by Gasteiger charge is 2.13. The lowest BCUT2D eigenvalue weighted by Crippen LogP contribution is -2.30. The fourth-order valence-corrected chi connectivity index (χ4v) is 2.84. The second-order valence-corrected chi connectivity index (χ2v) is 5.70. The van der Waals surface area contributed by atoms with Crippen molar-refractivity contribution < 1.29 is 9.32 Å². The number of carbonyl (C=O) groups is 1. The Hall–Kier alpha value is -2.41. The van der Waals surface area contributed by atoms with E-state index < -0.39 is 0 Å². The van der Waals surface area contributed by atoms with Gasteiger partial charge in [-0.15, -0.1) is 0 Å². The first-order valence-electron chi connectivity index (χ1n) is 6.42. The normalized spacial score (nSPS) is 10.8. The quantitative estimate of drug-likeness (QED) is 0.802. The summed E-state index contributed by atoms with van der Waals surface area (Å²) in [5, 5.41) is 7.23. The van der Waals surface area contributed by atoms with E-state index in [-0.39, 0.29) is 12.5 Å². The van der Waals surface area contributed by atoms with Gasteiger partial charge < -0.3 is 14.7 Å². The van der Waals surface area contributed by atoms with E-state index in [0.29, 0.717) is 11.6 Å². The number of aromatic nitrogens is 2. The van der Waals surface area contributed by atoms with E-state index in [1.165, 1.54) is 0 Å². The third kappa shape index (κ3) is 3.03. The van der Waals surface area contributed by atoms with E-state index in [1.54, 1.807) is 24.3 Å². The number of anilines is 2. The number of likely N-dealkylation sites (N-methyl/N-ethyl adjacent to an activating group) is 1. The molecule has 0 spiro atoms. The SMILES string of the molecule is Cc1cc(NC(=O)CN(C)c2nc3ccccc3s2)no1. The number of benzene rings is 1. The predicted octanol–water partition coefficient (Wildman–Crippen LogP) is 2.67. The first kappa shape index (κ1) is 13.6. The van der Waals surface area contributed by atoms with Gasteiger partial charge in [0.15, 0.2) is 10.9 Å². The van der Waals surface area contributed by atoms with Gasteiger partial charge in [-0.2, -0.15) is 0 Å². The molecule has 0 aliphatic rings. The van der Waals surface area contributed by atoms with Crippen LogP contribution < -0.4 is 10.2 Å². The van der Waals surface area contributed by atoms with Crippen LogP contribution in [0.3, 0.4) is 0 Å². The number of thiazole rings is 1. The second-order valence-electron chi connectivity index (χ2n) is 4.69. The number of hydrogen-bond acceptors (Lipinski definition) is 6. The Labute approximate surface area is 125 Å². The third-order valence-corrected chi connectivity index (χ3v) is 4.04. The molecular weight excluding hydrogens is 288 g/mol. The van der Waals surface area contributed by atoms with E-state index >= 15 is 0 Å². The number of rotatable bonds is 4. The summed E-state index contributed by atoms with van der Waals surface area (Å²) < 4.78 is 6.01. The van der Waals surface area contributed by atoms with Gasteiger partial charge in [0.1, 0.15) is 5.76 Å². The fraction of sp³-hybridized carbons (Fsp3) is 0.214. The van der Waals surface area contributed by atoms with Crippen LogP contribution in [0.25, 0.3) is 10.2 Å². The summed E-state index contributed by atoms with van der Waals surface area (Å²) in [5.74, 6) is 0.921. The van der Waals surface area contributed by atoms with Crippen molar-refractivity contribution in [1.82, 2.24) is 10.1 Å². The molecule has 1 aromatic carbocycles. The van der Waals surface area contributed by atoms with Crippen LogP contribution in [0.4, 0.5) is 10.9 Å². The van der Waals surface area contributed by atoms with E-state index in [2.05, 4.69) is 15.5 Å². The molecule has 6 nitrogen and oxygen atoms in total. The molecule has 2 heterocycles. The van der Waals surface area contributed by atoms with Crippen LogP contribution in [-0.2, 0) is 4.79 Å². The van der Waals surface area contributed by atoms with Gasteiger partial charge in [0.05, 0.1) is 16.8 Å². The average molecular weight is 302 g/mol. The molecule has 2 aromatic heterocycles. The number of aryl methyl sites for hydroxylation is 1. The van der Waals surface area contributed by atoms with Crippen molar-refractivity contribution in [1.29, 1.82) is 0 Å². The Morgan fingerprint density at radius 2 is 2.24 bits per heavy atom. The van der Waals surface area contributed by atoms with E-state index in [0.717, 1.165) is 15.3 Å². The third-order valence-electron chi connectivity index (χ3n) is 2.89. The van der Waals surface area contributed by atoms with Gasteiger partial charge in [-0.3, -0.25) is 4.79 Å². The minimum atomic E-state index is -0.162. The minimum absolute atomic E-state index is 0.162. The molecule has 3 aromatic rings. The molecule has 0 saturated heterocycles. The van der Waals surface area contributed by atoms with Gasteiger partial charge in [-0.05, 0) is 19.1 Å². The van der Waals surface area contributed by atoms with E-state index in [1.807, 2.05) is 36.2 Å². The smallest absolute Gasteiger partial charge is 0.245 e. The molecule has 108 valence electrons. The van der Waals surface area contributed by atoms with Crippen molar-refractivity contribution in [3.8, 4) is 0 Å². The summed E-state index contributed by atoms with van der Waals surface area (Å²) >= 11 is 1.56. The van der Waals surface area contributed by atoms with Gasteiger partial charge in [-0.1, -0.05) is 28.6 Å². The zero-order valence-electron chi connectivity index (χ0n) is 11.7. The Kier molecular flexibility index (Phi) is 3.57. The maximum Gasteiger partial charge on any atom is 0.245 e. The first-order valence-corrected chi connectivity index (χ1v) is 7.23. The zero-order chi connectivity index (χ0) is 14.8. The molecule has 21 heavy (non-hydrogen) atoms. The maximum atomic E-state index is 12.0. The Balaban J connectivity index is 1.67. The number of amides is 1. The molecule has 7 heteroatoms. The van der Waals surface area contributed by atoms with Gasteiger partial charge >= 0.3 is 0 Å². The molecule has 0 atom stereocenters. The zero-order valence-corrected chi connectivity index (χ0v) is 12.5. The maximum absolute atomic E-state index is 12.0. The molecular formula is C14H14N4O2S. The van der Waals surface area contributed by atoms with Crippen molar-refractivity contribution in [2.45, 2.75) is 6.92 Å². The monoisotopic (exact) mass is 302 g/mol. The summed E-state index contributed by atoms with van der Waals surface area (Å²) in [7, 11) is 1.84. The van der Waals surface area contributed by atoms with Gasteiger partial charge in [0, 0.05) is 13.1 Å². The topological polar surface area (TPSA) is 71.3 Å². The van der Waals surface area contributed by atoms with Crippen molar-refractivity contribution in [2.24, 2.45) is 0 Å². The molecule has 0 saturated carbocycles. The number of carbonyl (C=O) groups excluding carboxylic acids is 1. The van der Waals surface area contributed by atoms with Crippen molar-refractivity contribution >= 4 is 38.4 Å². The van der Waals surface area contributed by atoms with Crippen molar-refractivity contribution in [3.63, 3.8) is 0 Å². The molecule has 0 bridgehead atoms. The highest BCUT2D eigenvalue weighted by Crippen LogP contribution is 2.27. The number of fused-ring (bicyclic) bond motifs is 1. The van der Waals surface area contributed by atoms with Crippen molar-refractivity contribution in [3.05, 3.63) is 36.1 Å². The highest BCUT2D eigenvalue weighted by atomic mass is 32.1. The van der Waals surface area contributed by atoms with E-state index in [9.17, 15) is 4.79 Å². The van der Waals surface area contributed by atoms with Crippen LogP contribution in [0.2, 0.25) is 0 Å². The lowest BCUT2D eigenvalue weighted by Gasteiger charge is -2.14. The predicted molar refractivity (Wildman–Crippen MR) is 82.8 cm³/mol. The molecule has 0 unspecified atom stereocenters. The first-order chi connectivity index (χ1) is 10.1. The molecule has 0 aliphatic carbocycles. The summed E-state index contributed by atoms with van der Waals surface area (Å²) in [5.41, 5.74) is 0.942. The van der Waals surface area contributed by atoms with Crippen LogP contribution >= 0.6 is 11.3 Å². The van der Waals surface area contributed by atoms with Crippen LogP contribution in [-0.4, -0.2) is 29.6 Å². The average Bonchev–Trinajstić information content (AvgIpc) is 3.04. The Bertz CT molecular complexity index is 747. The number of hydrogen-bond donors (Lipinski definition) is 1. The number of para-hydroxylation sites is 1. The summed E-state index contributed by atoms with van der Waals surface area (Å²) in [6, 6.07) is 9.58. The van der Waals surface area contributed by atoms with Gasteiger partial charge in [0.2, 0.25) is 5.91 Å². The Morgan fingerprint density at radius 3 is 2.95 bits per heavy atom. The van der Waals surface area contributed by atoms with Crippen LogP contribution in [0, 0.1) is 6.92 Å². The fourth-order valence-electron chi connectivity index (χ4n) is 1.91. The summed E-state index contributed by atoms with van der Waals surface area (Å²) in [4.78, 5) is 18.3. The lowest BCUT2D eigenvalue weighted by atomic mass is 10.3.